The molecule has 0 saturated heterocycles. The molecular formula is C9H11ClO. The molecule has 11 heavy (non-hydrogen) atoms. The van der Waals surface area contributed by atoms with Gasteiger partial charge in [0.05, 0.1) is 6.10 Å². The summed E-state index contributed by atoms with van der Waals surface area (Å²) < 4.78 is 5.13. The van der Waals surface area contributed by atoms with Gasteiger partial charge >= 0.3 is 0 Å². The van der Waals surface area contributed by atoms with Crippen LogP contribution in [0.5, 0.6) is 0 Å². The number of hydrogen-bond acceptors (Lipinski definition) is 1. The third-order valence-corrected chi connectivity index (χ3v) is 2.04. The van der Waals surface area contributed by atoms with Gasteiger partial charge in [0.1, 0.15) is 0 Å². The van der Waals surface area contributed by atoms with Gasteiger partial charge in [0.25, 0.3) is 0 Å². The van der Waals surface area contributed by atoms with E-state index < -0.39 is 0 Å². The Morgan fingerprint density at radius 3 is 2.55 bits per heavy atom. The summed E-state index contributed by atoms with van der Waals surface area (Å²) in [5, 5.41) is 0.766. The molecule has 1 aromatic rings. The molecule has 0 aliphatic heterocycles. The van der Waals surface area contributed by atoms with Gasteiger partial charge in [-0.2, -0.15) is 0 Å². The van der Waals surface area contributed by atoms with Crippen LogP contribution in [-0.4, -0.2) is 7.11 Å². The second kappa shape index (κ2) is 3.74. The summed E-state index contributed by atoms with van der Waals surface area (Å²) in [7, 11) is 1.67. The van der Waals surface area contributed by atoms with Crippen LogP contribution in [0.2, 0.25) is 5.02 Å². The summed E-state index contributed by atoms with van der Waals surface area (Å²) in [6.07, 6.45) is 0.0729. The van der Waals surface area contributed by atoms with Gasteiger partial charge in [-0.25, -0.2) is 0 Å². The van der Waals surface area contributed by atoms with E-state index in [4.69, 9.17) is 16.3 Å². The van der Waals surface area contributed by atoms with Crippen molar-refractivity contribution in [2.24, 2.45) is 0 Å². The van der Waals surface area contributed by atoms with Crippen molar-refractivity contribution in [2.75, 3.05) is 7.11 Å². The molecule has 0 amide bonds. The second-order valence-electron chi connectivity index (χ2n) is 2.40. The molecule has 1 atom stereocenters. The molecule has 2 heteroatoms. The Kier molecular flexibility index (Phi) is 2.92. The van der Waals surface area contributed by atoms with Crippen molar-refractivity contribution in [3.63, 3.8) is 0 Å². The molecule has 0 aliphatic rings. The lowest BCUT2D eigenvalue weighted by atomic mass is 10.1. The highest BCUT2D eigenvalue weighted by atomic mass is 35.5. The minimum absolute atomic E-state index is 0.0729. The summed E-state index contributed by atoms with van der Waals surface area (Å²) >= 11 is 5.92. The molecule has 60 valence electrons. The molecule has 0 aromatic heterocycles. The molecule has 0 N–H and O–H groups in total. The van der Waals surface area contributed by atoms with Gasteiger partial charge in [0.15, 0.2) is 0 Å². The molecular weight excluding hydrogens is 160 g/mol. The predicted octanol–water partition coefficient (Wildman–Crippen LogP) is 3.05. The molecule has 0 unspecified atom stereocenters. The van der Waals surface area contributed by atoms with E-state index in [1.807, 2.05) is 31.2 Å². The van der Waals surface area contributed by atoms with Crippen LogP contribution in [0.1, 0.15) is 18.6 Å². The lowest BCUT2D eigenvalue weighted by Crippen LogP contribution is -1.95. The molecule has 0 aliphatic carbocycles. The quantitative estimate of drug-likeness (QED) is 0.663. The zero-order valence-electron chi connectivity index (χ0n) is 6.67. The van der Waals surface area contributed by atoms with Crippen LogP contribution in [0.15, 0.2) is 24.3 Å². The van der Waals surface area contributed by atoms with Crippen molar-refractivity contribution >= 4 is 11.6 Å². The predicted molar refractivity (Wildman–Crippen MR) is 46.9 cm³/mol. The summed E-state index contributed by atoms with van der Waals surface area (Å²) in [6, 6.07) is 7.70. The van der Waals surface area contributed by atoms with Crippen LogP contribution in [0.4, 0.5) is 0 Å². The summed E-state index contributed by atoms with van der Waals surface area (Å²) in [5.74, 6) is 0. The maximum absolute atomic E-state index is 5.92. The van der Waals surface area contributed by atoms with Crippen LogP contribution < -0.4 is 0 Å². The van der Waals surface area contributed by atoms with Crippen molar-refractivity contribution in [2.45, 2.75) is 13.0 Å². The molecule has 1 aromatic carbocycles. The SMILES string of the molecule is CO[C@H](C)c1ccccc1Cl. The Labute approximate surface area is 71.9 Å². The molecule has 0 spiro atoms. The van der Waals surface area contributed by atoms with E-state index in [-0.39, 0.29) is 6.10 Å². The standard InChI is InChI=1S/C9H11ClO/c1-7(11-2)8-5-3-4-6-9(8)10/h3-7H,1-2H3/t7-/m1/s1. The van der Waals surface area contributed by atoms with Crippen LogP contribution in [0.3, 0.4) is 0 Å². The van der Waals surface area contributed by atoms with Gasteiger partial charge in [0.2, 0.25) is 0 Å². The Hall–Kier alpha value is -0.530. The van der Waals surface area contributed by atoms with E-state index in [0.29, 0.717) is 0 Å². The Morgan fingerprint density at radius 2 is 2.00 bits per heavy atom. The first-order chi connectivity index (χ1) is 5.25. The van der Waals surface area contributed by atoms with Crippen LogP contribution in [0.25, 0.3) is 0 Å². The van der Waals surface area contributed by atoms with Crippen molar-refractivity contribution in [1.29, 1.82) is 0 Å². The highest BCUT2D eigenvalue weighted by Crippen LogP contribution is 2.23. The van der Waals surface area contributed by atoms with Gasteiger partial charge in [-0.05, 0) is 18.6 Å². The first kappa shape index (κ1) is 8.57. The van der Waals surface area contributed by atoms with Gasteiger partial charge in [-0.15, -0.1) is 0 Å². The number of halogens is 1. The van der Waals surface area contributed by atoms with E-state index in [9.17, 15) is 0 Å². The van der Waals surface area contributed by atoms with Crippen molar-refractivity contribution < 1.29 is 4.74 Å². The Balaban J connectivity index is 2.93. The topological polar surface area (TPSA) is 9.23 Å². The third kappa shape index (κ3) is 1.95. The minimum Gasteiger partial charge on any atom is -0.377 e. The van der Waals surface area contributed by atoms with Crippen LogP contribution >= 0.6 is 11.6 Å². The average molecular weight is 171 g/mol. The monoisotopic (exact) mass is 170 g/mol. The van der Waals surface area contributed by atoms with Gasteiger partial charge in [0, 0.05) is 12.1 Å². The van der Waals surface area contributed by atoms with E-state index in [2.05, 4.69) is 0 Å². The van der Waals surface area contributed by atoms with Crippen LogP contribution in [-0.2, 0) is 4.74 Å². The van der Waals surface area contributed by atoms with Gasteiger partial charge in [-0.3, -0.25) is 0 Å². The highest BCUT2D eigenvalue weighted by molar-refractivity contribution is 6.31. The smallest absolute Gasteiger partial charge is 0.0807 e. The number of methoxy groups -OCH3 is 1. The van der Waals surface area contributed by atoms with E-state index in [0.717, 1.165) is 10.6 Å². The fourth-order valence-electron chi connectivity index (χ4n) is 0.932. The molecule has 0 saturated carbocycles. The molecule has 1 nitrogen and oxygen atoms in total. The molecule has 0 bridgehead atoms. The van der Waals surface area contributed by atoms with E-state index in [1.165, 1.54) is 0 Å². The maximum atomic E-state index is 5.92. The first-order valence-electron chi connectivity index (χ1n) is 3.53. The van der Waals surface area contributed by atoms with E-state index >= 15 is 0 Å². The van der Waals surface area contributed by atoms with E-state index in [1.54, 1.807) is 7.11 Å². The largest absolute Gasteiger partial charge is 0.377 e. The zero-order valence-corrected chi connectivity index (χ0v) is 7.43. The average Bonchev–Trinajstić information content (AvgIpc) is 2.04. The maximum Gasteiger partial charge on any atom is 0.0807 e. The Morgan fingerprint density at radius 1 is 1.36 bits per heavy atom. The van der Waals surface area contributed by atoms with Crippen LogP contribution in [0, 0.1) is 0 Å². The second-order valence-corrected chi connectivity index (χ2v) is 2.81. The fraction of sp³-hybridized carbons (Fsp3) is 0.333. The number of ether oxygens (including phenoxy) is 1. The molecule has 1 rings (SSSR count). The lowest BCUT2D eigenvalue weighted by Gasteiger charge is -2.10. The normalized spacial score (nSPS) is 13.0. The Bertz CT molecular complexity index is 235. The zero-order chi connectivity index (χ0) is 8.27. The molecule has 0 radical (unpaired) electrons. The minimum atomic E-state index is 0.0729. The molecule has 0 heterocycles. The van der Waals surface area contributed by atoms with Gasteiger partial charge < -0.3 is 4.74 Å². The number of benzene rings is 1. The number of rotatable bonds is 2. The lowest BCUT2D eigenvalue weighted by molar-refractivity contribution is 0.119. The first-order valence-corrected chi connectivity index (χ1v) is 3.90. The summed E-state index contributed by atoms with van der Waals surface area (Å²) in [5.41, 5.74) is 1.04. The highest BCUT2D eigenvalue weighted by Gasteiger charge is 2.05. The van der Waals surface area contributed by atoms with Crippen molar-refractivity contribution in [3.8, 4) is 0 Å². The van der Waals surface area contributed by atoms with Crippen molar-refractivity contribution in [3.05, 3.63) is 34.9 Å². The summed E-state index contributed by atoms with van der Waals surface area (Å²) in [4.78, 5) is 0. The van der Waals surface area contributed by atoms with Gasteiger partial charge in [-0.1, -0.05) is 29.8 Å². The third-order valence-electron chi connectivity index (χ3n) is 1.70. The van der Waals surface area contributed by atoms with Crippen molar-refractivity contribution in [1.82, 2.24) is 0 Å². The number of hydrogen-bond donors (Lipinski definition) is 0. The molecule has 0 fully saturated rings. The summed E-state index contributed by atoms with van der Waals surface area (Å²) in [6.45, 7) is 1.97. The fourth-order valence-corrected chi connectivity index (χ4v) is 1.22.